The Bertz CT molecular complexity index is 827. The molecule has 0 aliphatic rings. The zero-order valence-electron chi connectivity index (χ0n) is 14.5. The van der Waals surface area contributed by atoms with Gasteiger partial charge in [-0.25, -0.2) is 4.98 Å². The molecule has 0 atom stereocenters. The highest BCUT2D eigenvalue weighted by molar-refractivity contribution is 5.91. The van der Waals surface area contributed by atoms with E-state index in [9.17, 15) is 9.59 Å². The van der Waals surface area contributed by atoms with Crippen molar-refractivity contribution in [3.8, 4) is 11.5 Å². The number of aryl methyl sites for hydroxylation is 1. The Balaban J connectivity index is 1.89. The van der Waals surface area contributed by atoms with Crippen molar-refractivity contribution in [2.24, 2.45) is 0 Å². The molecule has 7 heteroatoms. The van der Waals surface area contributed by atoms with Gasteiger partial charge >= 0.3 is 0 Å². The van der Waals surface area contributed by atoms with Gasteiger partial charge in [-0.15, -0.1) is 0 Å². The molecular formula is C18H21N3O4. The number of aromatic nitrogens is 2. The fourth-order valence-corrected chi connectivity index (χ4v) is 2.17. The SMILES string of the molecule is COc1ccc(/C=C/C(=O)NCCn2cnc(C)cc2=O)cc1OC. The van der Waals surface area contributed by atoms with Gasteiger partial charge in [-0.05, 0) is 30.7 Å². The molecule has 7 nitrogen and oxygen atoms in total. The zero-order valence-corrected chi connectivity index (χ0v) is 14.5. The predicted octanol–water partition coefficient (Wildman–Crippen LogP) is 1.40. The summed E-state index contributed by atoms with van der Waals surface area (Å²) in [5.41, 5.74) is 1.34. The van der Waals surface area contributed by atoms with E-state index in [2.05, 4.69) is 10.3 Å². The van der Waals surface area contributed by atoms with E-state index in [1.54, 1.807) is 39.4 Å². The second-order valence-corrected chi connectivity index (χ2v) is 5.30. The topological polar surface area (TPSA) is 82.5 Å². The molecule has 2 aromatic rings. The van der Waals surface area contributed by atoms with Crippen LogP contribution in [0.4, 0.5) is 0 Å². The number of hydrogen-bond donors (Lipinski definition) is 1. The molecule has 0 spiro atoms. The lowest BCUT2D eigenvalue weighted by Gasteiger charge is -2.07. The average Bonchev–Trinajstić information content (AvgIpc) is 2.61. The number of amides is 1. The van der Waals surface area contributed by atoms with Crippen LogP contribution in [-0.4, -0.2) is 36.2 Å². The van der Waals surface area contributed by atoms with Crippen LogP contribution in [0.3, 0.4) is 0 Å². The molecule has 0 aliphatic carbocycles. The van der Waals surface area contributed by atoms with Gasteiger partial charge in [0.2, 0.25) is 5.91 Å². The van der Waals surface area contributed by atoms with Gasteiger partial charge in [-0.2, -0.15) is 0 Å². The minimum absolute atomic E-state index is 0.136. The molecule has 0 radical (unpaired) electrons. The number of hydrogen-bond acceptors (Lipinski definition) is 5. The molecule has 1 aromatic heterocycles. The van der Waals surface area contributed by atoms with Crippen LogP contribution in [0.15, 0.2) is 41.5 Å². The Morgan fingerprint density at radius 2 is 2.00 bits per heavy atom. The quantitative estimate of drug-likeness (QED) is 0.769. The summed E-state index contributed by atoms with van der Waals surface area (Å²) in [5.74, 6) is 0.973. The normalized spacial score (nSPS) is 10.7. The fraction of sp³-hybridized carbons (Fsp3) is 0.278. The number of rotatable bonds is 7. The molecule has 2 rings (SSSR count). The van der Waals surface area contributed by atoms with Crippen LogP contribution in [0.1, 0.15) is 11.3 Å². The van der Waals surface area contributed by atoms with E-state index in [0.717, 1.165) is 5.56 Å². The van der Waals surface area contributed by atoms with Crippen LogP contribution in [0.5, 0.6) is 11.5 Å². The van der Waals surface area contributed by atoms with Crippen LogP contribution in [-0.2, 0) is 11.3 Å². The van der Waals surface area contributed by atoms with Gasteiger partial charge in [0.05, 0.1) is 20.5 Å². The Labute approximate surface area is 145 Å². The third-order valence-electron chi connectivity index (χ3n) is 3.50. The molecule has 0 aliphatic heterocycles. The van der Waals surface area contributed by atoms with Gasteiger partial charge in [0, 0.05) is 30.9 Å². The lowest BCUT2D eigenvalue weighted by molar-refractivity contribution is -0.116. The summed E-state index contributed by atoms with van der Waals surface area (Å²) in [7, 11) is 3.12. The minimum atomic E-state index is -0.247. The van der Waals surface area contributed by atoms with Gasteiger partial charge in [-0.1, -0.05) is 6.07 Å². The summed E-state index contributed by atoms with van der Waals surface area (Å²) in [6.45, 7) is 2.45. The first kappa shape index (κ1) is 18.3. The molecular weight excluding hydrogens is 322 g/mol. The summed E-state index contributed by atoms with van der Waals surface area (Å²) < 4.78 is 11.8. The Morgan fingerprint density at radius 1 is 1.24 bits per heavy atom. The highest BCUT2D eigenvalue weighted by atomic mass is 16.5. The molecule has 0 unspecified atom stereocenters. The Morgan fingerprint density at radius 3 is 2.68 bits per heavy atom. The molecule has 0 bridgehead atoms. The number of benzene rings is 1. The third kappa shape index (κ3) is 5.20. The van der Waals surface area contributed by atoms with Crippen molar-refractivity contribution in [2.45, 2.75) is 13.5 Å². The van der Waals surface area contributed by atoms with E-state index in [-0.39, 0.29) is 11.5 Å². The monoisotopic (exact) mass is 343 g/mol. The molecule has 25 heavy (non-hydrogen) atoms. The molecule has 1 heterocycles. The maximum Gasteiger partial charge on any atom is 0.253 e. The van der Waals surface area contributed by atoms with Gasteiger partial charge in [0.1, 0.15) is 0 Å². The number of ether oxygens (including phenoxy) is 2. The van der Waals surface area contributed by atoms with Crippen molar-refractivity contribution < 1.29 is 14.3 Å². The van der Waals surface area contributed by atoms with Gasteiger partial charge < -0.3 is 14.8 Å². The fourth-order valence-electron chi connectivity index (χ4n) is 2.17. The summed E-state index contributed by atoms with van der Waals surface area (Å²) in [4.78, 5) is 27.6. The van der Waals surface area contributed by atoms with Crippen molar-refractivity contribution in [1.29, 1.82) is 0 Å². The lowest BCUT2D eigenvalue weighted by atomic mass is 10.2. The number of nitrogens with one attached hydrogen (secondary N) is 1. The van der Waals surface area contributed by atoms with E-state index >= 15 is 0 Å². The van der Waals surface area contributed by atoms with Crippen LogP contribution >= 0.6 is 0 Å². The lowest BCUT2D eigenvalue weighted by Crippen LogP contribution is -2.29. The molecule has 1 N–H and O–H groups in total. The largest absolute Gasteiger partial charge is 0.493 e. The van der Waals surface area contributed by atoms with Crippen molar-refractivity contribution >= 4 is 12.0 Å². The standard InChI is InChI=1S/C18H21N3O4/c1-13-10-18(23)21(12-20-13)9-8-19-17(22)7-5-14-4-6-15(24-2)16(11-14)25-3/h4-7,10-12H,8-9H2,1-3H3,(H,19,22)/b7-5+. The number of nitrogens with zero attached hydrogens (tertiary/aromatic N) is 2. The van der Waals surface area contributed by atoms with E-state index in [1.807, 2.05) is 6.07 Å². The highest BCUT2D eigenvalue weighted by Gasteiger charge is 2.03. The van der Waals surface area contributed by atoms with Gasteiger partial charge in [0.25, 0.3) is 5.56 Å². The molecule has 1 amide bonds. The maximum absolute atomic E-state index is 11.9. The summed E-state index contributed by atoms with van der Waals surface area (Å²) in [5, 5.41) is 2.73. The van der Waals surface area contributed by atoms with Crippen molar-refractivity contribution in [3.05, 3.63) is 58.3 Å². The highest BCUT2D eigenvalue weighted by Crippen LogP contribution is 2.27. The van der Waals surface area contributed by atoms with Crippen molar-refractivity contribution in [1.82, 2.24) is 14.9 Å². The number of methoxy groups -OCH3 is 2. The van der Waals surface area contributed by atoms with Crippen molar-refractivity contribution in [3.63, 3.8) is 0 Å². The smallest absolute Gasteiger partial charge is 0.253 e. The van der Waals surface area contributed by atoms with Crippen LogP contribution < -0.4 is 20.3 Å². The third-order valence-corrected chi connectivity index (χ3v) is 3.50. The first-order valence-corrected chi connectivity index (χ1v) is 7.74. The molecule has 1 aromatic carbocycles. The van der Waals surface area contributed by atoms with Crippen LogP contribution in [0.25, 0.3) is 6.08 Å². The van der Waals surface area contributed by atoms with E-state index < -0.39 is 0 Å². The van der Waals surface area contributed by atoms with E-state index in [4.69, 9.17) is 9.47 Å². The van der Waals surface area contributed by atoms with Crippen molar-refractivity contribution in [2.75, 3.05) is 20.8 Å². The second kappa shape index (κ2) is 8.68. The van der Waals surface area contributed by atoms with E-state index in [0.29, 0.717) is 30.3 Å². The molecule has 0 fully saturated rings. The Kier molecular flexibility index (Phi) is 6.33. The zero-order chi connectivity index (χ0) is 18.2. The molecule has 132 valence electrons. The predicted molar refractivity (Wildman–Crippen MR) is 94.8 cm³/mol. The van der Waals surface area contributed by atoms with Gasteiger partial charge in [-0.3, -0.25) is 14.2 Å². The maximum atomic E-state index is 11.9. The number of carbonyl (C=O) groups is 1. The van der Waals surface area contributed by atoms with Gasteiger partial charge in [0.15, 0.2) is 11.5 Å². The van der Waals surface area contributed by atoms with Crippen LogP contribution in [0.2, 0.25) is 0 Å². The molecule has 0 saturated heterocycles. The Hall–Kier alpha value is -3.09. The first-order chi connectivity index (χ1) is 12.0. The number of carbonyl (C=O) groups excluding carboxylic acids is 1. The summed E-state index contributed by atoms with van der Waals surface area (Å²) >= 11 is 0. The minimum Gasteiger partial charge on any atom is -0.493 e. The van der Waals surface area contributed by atoms with Crippen LogP contribution in [0, 0.1) is 6.92 Å². The summed E-state index contributed by atoms with van der Waals surface area (Å²) in [6.07, 6.45) is 4.58. The average molecular weight is 343 g/mol. The second-order valence-electron chi connectivity index (χ2n) is 5.30. The molecule has 0 saturated carbocycles. The van der Waals surface area contributed by atoms with E-state index in [1.165, 1.54) is 23.0 Å². The first-order valence-electron chi connectivity index (χ1n) is 7.74. The summed E-state index contributed by atoms with van der Waals surface area (Å²) in [6, 6.07) is 6.83.